The van der Waals surface area contributed by atoms with E-state index >= 15 is 0 Å². The first-order chi connectivity index (χ1) is 31.5. The van der Waals surface area contributed by atoms with Crippen molar-refractivity contribution in [2.45, 2.75) is 277 Å². The summed E-state index contributed by atoms with van der Waals surface area (Å²) in [5.74, 6) is -0.0535. The van der Waals surface area contributed by atoms with E-state index in [2.05, 4.69) is 24.1 Å². The molecule has 2 atom stereocenters. The molecule has 0 rings (SSSR count). The van der Waals surface area contributed by atoms with Crippen molar-refractivity contribution < 1.29 is 34.4 Å². The molecular weight excluding hydrogens is 801 g/mol. The summed E-state index contributed by atoms with van der Waals surface area (Å²) in [4.78, 5) is 26.7. The number of aliphatic hydroxyl groups is 3. The van der Waals surface area contributed by atoms with Crippen LogP contribution in [-0.4, -0.2) is 97.4 Å². The first-order valence-corrected chi connectivity index (χ1v) is 28.1. The van der Waals surface area contributed by atoms with Gasteiger partial charge < -0.3 is 30.1 Å². The van der Waals surface area contributed by atoms with Crippen LogP contribution in [0.15, 0.2) is 0 Å². The zero-order valence-electron chi connectivity index (χ0n) is 42.7. The summed E-state index contributed by atoms with van der Waals surface area (Å²) in [6.45, 7) is 9.06. The molecule has 0 aliphatic heterocycles. The van der Waals surface area contributed by atoms with Crippen molar-refractivity contribution in [1.82, 2.24) is 10.2 Å². The van der Waals surface area contributed by atoms with E-state index < -0.39 is 6.10 Å². The Labute approximate surface area is 397 Å². The number of aliphatic hydroxyl groups excluding tert-OH is 3. The van der Waals surface area contributed by atoms with Crippen molar-refractivity contribution in [1.29, 1.82) is 0 Å². The molecule has 382 valence electrons. The Hall–Kier alpha value is -1.26. The lowest BCUT2D eigenvalue weighted by atomic mass is 9.92. The van der Waals surface area contributed by atoms with E-state index in [1.165, 1.54) is 167 Å². The third-order valence-corrected chi connectivity index (χ3v) is 13.2. The molecule has 0 saturated heterocycles. The molecule has 0 aromatic rings. The minimum Gasteiger partial charge on any atom is -0.466 e. The second-order valence-electron chi connectivity index (χ2n) is 19.4. The third-order valence-electron chi connectivity index (χ3n) is 13.2. The maximum Gasteiger partial charge on any atom is 0.305 e. The van der Waals surface area contributed by atoms with Gasteiger partial charge in [-0.15, -0.1) is 0 Å². The SMILES string of the molecule is CCCCCCCCCCCCCCCCCC(=O)OCCCCCC(O)C(CCCCOC(=O)CCCCCCCCCCCCCCCCC)CNCCCN(CCO)CCO. The molecule has 4 N–H and O–H groups in total. The maximum atomic E-state index is 12.4. The fourth-order valence-electron chi connectivity index (χ4n) is 8.94. The van der Waals surface area contributed by atoms with Gasteiger partial charge in [-0.1, -0.05) is 200 Å². The van der Waals surface area contributed by atoms with Gasteiger partial charge in [-0.25, -0.2) is 0 Å². The van der Waals surface area contributed by atoms with Gasteiger partial charge in [0.25, 0.3) is 0 Å². The number of hydrogen-bond donors (Lipinski definition) is 4. The molecule has 0 amide bonds. The smallest absolute Gasteiger partial charge is 0.305 e. The molecule has 0 fully saturated rings. The molecular formula is C55H110N2O7. The van der Waals surface area contributed by atoms with Crippen LogP contribution in [0.5, 0.6) is 0 Å². The Morgan fingerprint density at radius 2 is 0.781 bits per heavy atom. The Kier molecular flexibility index (Phi) is 51.7. The van der Waals surface area contributed by atoms with Crippen LogP contribution < -0.4 is 5.32 Å². The zero-order valence-corrected chi connectivity index (χ0v) is 42.7. The number of ether oxygens (including phenoxy) is 2. The van der Waals surface area contributed by atoms with Gasteiger partial charge in [0, 0.05) is 32.5 Å². The Bertz CT molecular complexity index is 934. The summed E-state index contributed by atoms with van der Waals surface area (Å²) in [5, 5.41) is 33.4. The van der Waals surface area contributed by atoms with Crippen LogP contribution >= 0.6 is 0 Å². The maximum absolute atomic E-state index is 12.4. The van der Waals surface area contributed by atoms with Crippen LogP contribution in [0.2, 0.25) is 0 Å². The monoisotopic (exact) mass is 911 g/mol. The second-order valence-corrected chi connectivity index (χ2v) is 19.4. The minimum atomic E-state index is -0.423. The second kappa shape index (κ2) is 52.7. The molecule has 9 heteroatoms. The van der Waals surface area contributed by atoms with E-state index in [-0.39, 0.29) is 31.1 Å². The van der Waals surface area contributed by atoms with Gasteiger partial charge in [-0.3, -0.25) is 14.5 Å². The molecule has 0 aromatic carbocycles. The van der Waals surface area contributed by atoms with Gasteiger partial charge in [-0.05, 0) is 76.8 Å². The van der Waals surface area contributed by atoms with Crippen LogP contribution in [-0.2, 0) is 19.1 Å². The first kappa shape index (κ1) is 62.7. The van der Waals surface area contributed by atoms with Crippen molar-refractivity contribution in [3.05, 3.63) is 0 Å². The third kappa shape index (κ3) is 47.2. The Morgan fingerprint density at radius 3 is 1.17 bits per heavy atom. The average Bonchev–Trinajstić information content (AvgIpc) is 3.29. The summed E-state index contributed by atoms with van der Waals surface area (Å²) in [6, 6.07) is 0. The molecule has 0 radical (unpaired) electrons. The topological polar surface area (TPSA) is 129 Å². The number of hydrogen-bond acceptors (Lipinski definition) is 9. The fourth-order valence-corrected chi connectivity index (χ4v) is 8.94. The summed E-state index contributed by atoms with van der Waals surface area (Å²) >= 11 is 0. The molecule has 0 heterocycles. The molecule has 0 aliphatic carbocycles. The Balaban J connectivity index is 4.15. The van der Waals surface area contributed by atoms with Gasteiger partial charge in [0.15, 0.2) is 0 Å². The van der Waals surface area contributed by atoms with Gasteiger partial charge in [-0.2, -0.15) is 0 Å². The van der Waals surface area contributed by atoms with Crippen LogP contribution in [0.25, 0.3) is 0 Å². The number of nitrogens with one attached hydrogen (secondary N) is 1. The van der Waals surface area contributed by atoms with Crippen LogP contribution in [0.1, 0.15) is 271 Å². The summed E-state index contributed by atoms with van der Waals surface area (Å²) < 4.78 is 11.1. The largest absolute Gasteiger partial charge is 0.466 e. The number of rotatable bonds is 54. The predicted octanol–water partition coefficient (Wildman–Crippen LogP) is 13.6. The predicted molar refractivity (Wildman–Crippen MR) is 271 cm³/mol. The highest BCUT2D eigenvalue weighted by atomic mass is 16.5. The summed E-state index contributed by atoms with van der Waals surface area (Å²) in [5.41, 5.74) is 0. The average molecular weight is 911 g/mol. The highest BCUT2D eigenvalue weighted by Gasteiger charge is 2.19. The number of esters is 2. The van der Waals surface area contributed by atoms with Crippen molar-refractivity contribution in [2.24, 2.45) is 5.92 Å². The molecule has 9 nitrogen and oxygen atoms in total. The number of carbonyl (C=O) groups is 2. The first-order valence-electron chi connectivity index (χ1n) is 28.1. The van der Waals surface area contributed by atoms with Crippen molar-refractivity contribution in [3.63, 3.8) is 0 Å². The van der Waals surface area contributed by atoms with E-state index in [1.807, 2.05) is 0 Å². The quantitative estimate of drug-likeness (QED) is 0.0348. The number of nitrogens with zero attached hydrogens (tertiary/aromatic N) is 1. The molecule has 2 unspecified atom stereocenters. The normalized spacial score (nSPS) is 12.6. The molecule has 64 heavy (non-hydrogen) atoms. The standard InChI is InChI=1S/C55H110N2O7/c1-3-5-7-9-11-13-15-17-19-21-23-25-27-29-33-41-54(61)63-49-36-31-32-40-53(60)52(51-56-43-38-44-57(45-47-58)46-48-59)39-35-37-50-64-55(62)42-34-30-28-26-24-22-20-18-16-14-12-10-8-6-4-2/h52-53,56,58-60H,3-51H2,1-2H3. The fraction of sp³-hybridized carbons (Fsp3) is 0.964. The molecule has 0 aliphatic rings. The molecule has 0 bridgehead atoms. The van der Waals surface area contributed by atoms with Gasteiger partial charge >= 0.3 is 11.9 Å². The van der Waals surface area contributed by atoms with E-state index in [1.54, 1.807) is 0 Å². The van der Waals surface area contributed by atoms with Crippen LogP contribution in [0, 0.1) is 5.92 Å². The van der Waals surface area contributed by atoms with E-state index in [4.69, 9.17) is 9.47 Å². The lowest BCUT2D eigenvalue weighted by Gasteiger charge is -2.24. The Morgan fingerprint density at radius 1 is 0.438 bits per heavy atom. The van der Waals surface area contributed by atoms with E-state index in [9.17, 15) is 24.9 Å². The molecule has 0 aromatic heterocycles. The van der Waals surface area contributed by atoms with Crippen LogP contribution in [0.4, 0.5) is 0 Å². The van der Waals surface area contributed by atoms with Crippen molar-refractivity contribution >= 4 is 11.9 Å². The van der Waals surface area contributed by atoms with Crippen LogP contribution in [0.3, 0.4) is 0 Å². The lowest BCUT2D eigenvalue weighted by molar-refractivity contribution is -0.144. The van der Waals surface area contributed by atoms with Crippen molar-refractivity contribution in [2.75, 3.05) is 59.2 Å². The molecule has 0 saturated carbocycles. The zero-order chi connectivity index (χ0) is 46.7. The lowest BCUT2D eigenvalue weighted by Crippen LogP contribution is -2.35. The summed E-state index contributed by atoms with van der Waals surface area (Å²) in [7, 11) is 0. The summed E-state index contributed by atoms with van der Waals surface area (Å²) in [6.07, 6.45) is 46.8. The van der Waals surface area contributed by atoms with E-state index in [0.717, 1.165) is 90.3 Å². The van der Waals surface area contributed by atoms with Gasteiger partial charge in [0.05, 0.1) is 32.5 Å². The number of unbranched alkanes of at least 4 members (excludes halogenated alkanes) is 31. The highest BCUT2D eigenvalue weighted by molar-refractivity contribution is 5.69. The minimum absolute atomic E-state index is 0.0765. The van der Waals surface area contributed by atoms with Crippen molar-refractivity contribution in [3.8, 4) is 0 Å². The van der Waals surface area contributed by atoms with E-state index in [0.29, 0.717) is 45.6 Å². The van der Waals surface area contributed by atoms with Gasteiger partial charge in [0.1, 0.15) is 0 Å². The molecule has 0 spiro atoms. The van der Waals surface area contributed by atoms with Gasteiger partial charge in [0.2, 0.25) is 0 Å². The highest BCUT2D eigenvalue weighted by Crippen LogP contribution is 2.19. The number of carbonyl (C=O) groups excluding carboxylic acids is 2.